The second-order valence-electron chi connectivity index (χ2n) is 6.81. The predicted octanol–water partition coefficient (Wildman–Crippen LogP) is 4.37. The number of thioether (sulfide) groups is 1. The van der Waals surface area contributed by atoms with Crippen molar-refractivity contribution >= 4 is 39.8 Å². The van der Waals surface area contributed by atoms with Gasteiger partial charge in [-0.2, -0.15) is 5.26 Å². The molecule has 0 radical (unpaired) electrons. The lowest BCUT2D eigenvalue weighted by Gasteiger charge is -2.38. The van der Waals surface area contributed by atoms with Crippen LogP contribution in [0, 0.1) is 18.3 Å². The van der Waals surface area contributed by atoms with E-state index in [0.717, 1.165) is 42.1 Å². The third kappa shape index (κ3) is 4.79. The first kappa shape index (κ1) is 19.6. The van der Waals surface area contributed by atoms with Crippen molar-refractivity contribution in [3.63, 3.8) is 0 Å². The van der Waals surface area contributed by atoms with Gasteiger partial charge in [-0.25, -0.2) is 0 Å². The molecule has 1 aliphatic rings. The summed E-state index contributed by atoms with van der Waals surface area (Å²) in [6.45, 7) is 2.04. The summed E-state index contributed by atoms with van der Waals surface area (Å²) in [6, 6.07) is 10.4. The number of nitrogens with one attached hydrogen (secondary N) is 1. The number of anilines is 2. The highest BCUT2D eigenvalue weighted by Gasteiger charge is 2.38. The molecule has 8 heteroatoms. The average Bonchev–Trinajstić information content (AvgIpc) is 3.13. The van der Waals surface area contributed by atoms with E-state index >= 15 is 0 Å². The van der Waals surface area contributed by atoms with Gasteiger partial charge in [-0.1, -0.05) is 54.5 Å². The van der Waals surface area contributed by atoms with Crippen LogP contribution in [0.2, 0.25) is 0 Å². The lowest BCUT2D eigenvalue weighted by atomic mass is 9.81. The highest BCUT2D eigenvalue weighted by Crippen LogP contribution is 2.34. The van der Waals surface area contributed by atoms with E-state index in [9.17, 15) is 10.1 Å². The molecule has 1 saturated carbocycles. The minimum atomic E-state index is -0.644. The molecule has 0 atom stereocenters. The maximum Gasteiger partial charge on any atom is 0.234 e. The monoisotopic (exact) mass is 401 g/mol. The van der Waals surface area contributed by atoms with Crippen LogP contribution in [0.5, 0.6) is 0 Å². The smallest absolute Gasteiger partial charge is 0.234 e. The van der Waals surface area contributed by atoms with Gasteiger partial charge in [-0.15, -0.1) is 10.2 Å². The molecule has 2 aromatic rings. The van der Waals surface area contributed by atoms with Crippen LogP contribution in [-0.4, -0.2) is 39.3 Å². The zero-order valence-electron chi connectivity index (χ0n) is 15.6. The normalized spacial score (nSPS) is 15.7. The molecule has 0 unspecified atom stereocenters. The van der Waals surface area contributed by atoms with Crippen LogP contribution in [0.3, 0.4) is 0 Å². The van der Waals surface area contributed by atoms with E-state index in [4.69, 9.17) is 0 Å². The van der Waals surface area contributed by atoms with Gasteiger partial charge in [0.2, 0.25) is 11.0 Å². The van der Waals surface area contributed by atoms with Crippen molar-refractivity contribution in [1.29, 1.82) is 5.26 Å². The molecule has 1 fully saturated rings. The quantitative estimate of drug-likeness (QED) is 0.724. The predicted molar refractivity (Wildman–Crippen MR) is 109 cm³/mol. The first-order valence-electron chi connectivity index (χ1n) is 9.00. The summed E-state index contributed by atoms with van der Waals surface area (Å²) >= 11 is 2.79. The molecular weight excluding hydrogens is 378 g/mol. The SMILES string of the molecule is Cc1cccc(Nc2nnc(SCC(=O)N(C)C3(C#N)CCCCC3)s2)c1. The molecule has 142 valence electrons. The Morgan fingerprint density at radius 2 is 2.15 bits per heavy atom. The van der Waals surface area contributed by atoms with Crippen LogP contribution in [-0.2, 0) is 4.79 Å². The third-order valence-electron chi connectivity index (χ3n) is 4.90. The highest BCUT2D eigenvalue weighted by atomic mass is 32.2. The maximum atomic E-state index is 12.6. The molecule has 3 rings (SSSR count). The number of aryl methyl sites for hydroxylation is 1. The summed E-state index contributed by atoms with van der Waals surface area (Å²) in [7, 11) is 1.75. The van der Waals surface area contributed by atoms with Gasteiger partial charge in [-0.05, 0) is 37.5 Å². The van der Waals surface area contributed by atoms with Crippen LogP contribution < -0.4 is 5.32 Å². The number of nitrogens with zero attached hydrogens (tertiary/aromatic N) is 4. The second kappa shape index (κ2) is 8.72. The zero-order chi connectivity index (χ0) is 19.3. The Labute approximate surface area is 168 Å². The molecule has 0 spiro atoms. The van der Waals surface area contributed by atoms with Gasteiger partial charge in [0.05, 0.1) is 11.8 Å². The molecule has 27 heavy (non-hydrogen) atoms. The fourth-order valence-corrected chi connectivity index (χ4v) is 4.97. The number of carbonyl (C=O) groups excluding carboxylic acids is 1. The Morgan fingerprint density at radius 1 is 1.37 bits per heavy atom. The van der Waals surface area contributed by atoms with Gasteiger partial charge in [-0.3, -0.25) is 4.79 Å². The zero-order valence-corrected chi connectivity index (χ0v) is 17.2. The fourth-order valence-electron chi connectivity index (χ4n) is 3.28. The topological polar surface area (TPSA) is 81.9 Å². The van der Waals surface area contributed by atoms with E-state index in [1.165, 1.54) is 28.7 Å². The minimum absolute atomic E-state index is 0.0353. The Kier molecular flexibility index (Phi) is 6.34. The average molecular weight is 402 g/mol. The van der Waals surface area contributed by atoms with Gasteiger partial charge in [0.1, 0.15) is 5.54 Å². The number of rotatable bonds is 6. The molecule has 1 aromatic heterocycles. The Morgan fingerprint density at radius 3 is 2.85 bits per heavy atom. The van der Waals surface area contributed by atoms with Crippen molar-refractivity contribution in [2.45, 2.75) is 48.9 Å². The van der Waals surface area contributed by atoms with Crippen molar-refractivity contribution in [2.75, 3.05) is 18.1 Å². The van der Waals surface area contributed by atoms with E-state index in [2.05, 4.69) is 21.6 Å². The molecule has 1 aromatic carbocycles. The highest BCUT2D eigenvalue weighted by molar-refractivity contribution is 8.01. The number of amides is 1. The third-order valence-corrected chi connectivity index (χ3v) is 6.86. The molecule has 1 aliphatic carbocycles. The maximum absolute atomic E-state index is 12.6. The van der Waals surface area contributed by atoms with Crippen LogP contribution >= 0.6 is 23.1 Å². The molecular formula is C19H23N5OS2. The first-order valence-corrected chi connectivity index (χ1v) is 10.8. The lowest BCUT2D eigenvalue weighted by Crippen LogP contribution is -2.50. The Hall–Kier alpha value is -2.11. The molecule has 0 saturated heterocycles. The summed E-state index contributed by atoms with van der Waals surface area (Å²) in [4.78, 5) is 14.3. The number of carbonyl (C=O) groups is 1. The van der Waals surface area contributed by atoms with Crippen molar-refractivity contribution < 1.29 is 4.79 Å². The van der Waals surface area contributed by atoms with Crippen LogP contribution in [0.15, 0.2) is 28.6 Å². The van der Waals surface area contributed by atoms with Crippen LogP contribution in [0.25, 0.3) is 0 Å². The summed E-state index contributed by atoms with van der Waals surface area (Å²) in [5.41, 5.74) is 1.49. The largest absolute Gasteiger partial charge is 0.330 e. The van der Waals surface area contributed by atoms with E-state index in [0.29, 0.717) is 5.13 Å². The van der Waals surface area contributed by atoms with Crippen LogP contribution in [0.1, 0.15) is 37.7 Å². The van der Waals surface area contributed by atoms with Gasteiger partial charge < -0.3 is 10.2 Å². The van der Waals surface area contributed by atoms with Gasteiger partial charge in [0.25, 0.3) is 0 Å². The van der Waals surface area contributed by atoms with E-state index < -0.39 is 5.54 Å². The van der Waals surface area contributed by atoms with Gasteiger partial charge >= 0.3 is 0 Å². The molecule has 1 heterocycles. The standard InChI is InChI=1S/C19H23N5OS2/c1-14-7-6-8-15(11-14)21-17-22-23-18(27-17)26-12-16(25)24(2)19(13-20)9-4-3-5-10-19/h6-8,11H,3-5,9-10,12H2,1-2H3,(H,21,22). The summed E-state index contributed by atoms with van der Waals surface area (Å²) in [5, 5.41) is 21.9. The van der Waals surface area contributed by atoms with Gasteiger partial charge in [0.15, 0.2) is 4.34 Å². The fraction of sp³-hybridized carbons (Fsp3) is 0.474. The number of hydrogen-bond acceptors (Lipinski definition) is 7. The first-order chi connectivity index (χ1) is 13.0. The number of aromatic nitrogens is 2. The van der Waals surface area contributed by atoms with Gasteiger partial charge in [0, 0.05) is 12.7 Å². The molecule has 0 aliphatic heterocycles. The summed E-state index contributed by atoms with van der Waals surface area (Å²) < 4.78 is 0.738. The number of benzene rings is 1. The molecule has 0 bridgehead atoms. The van der Waals surface area contributed by atoms with E-state index in [1.54, 1.807) is 11.9 Å². The summed E-state index contributed by atoms with van der Waals surface area (Å²) in [6.07, 6.45) is 4.67. The summed E-state index contributed by atoms with van der Waals surface area (Å²) in [5.74, 6) is 0.228. The van der Waals surface area contributed by atoms with Crippen molar-refractivity contribution in [3.05, 3.63) is 29.8 Å². The molecule has 1 N–H and O–H groups in total. The van der Waals surface area contributed by atoms with Crippen LogP contribution in [0.4, 0.5) is 10.8 Å². The number of nitriles is 1. The Balaban J connectivity index is 1.56. The second-order valence-corrected chi connectivity index (χ2v) is 9.01. The molecule has 6 nitrogen and oxygen atoms in total. The van der Waals surface area contributed by atoms with E-state index in [1.807, 2.05) is 31.2 Å². The molecule has 1 amide bonds. The van der Waals surface area contributed by atoms with Crippen molar-refractivity contribution in [3.8, 4) is 6.07 Å². The minimum Gasteiger partial charge on any atom is -0.330 e. The number of hydrogen-bond donors (Lipinski definition) is 1. The van der Waals surface area contributed by atoms with E-state index in [-0.39, 0.29) is 11.7 Å². The Bertz CT molecular complexity index is 839. The van der Waals surface area contributed by atoms with Crippen molar-refractivity contribution in [2.24, 2.45) is 0 Å². The lowest BCUT2D eigenvalue weighted by molar-refractivity contribution is -0.131. The van der Waals surface area contributed by atoms with Crippen molar-refractivity contribution in [1.82, 2.24) is 15.1 Å².